The maximum atomic E-state index is 13.0. The van der Waals surface area contributed by atoms with Gasteiger partial charge in [-0.15, -0.1) is 10.2 Å². The molecule has 1 amide bonds. The Balaban J connectivity index is 1.36. The van der Waals surface area contributed by atoms with Crippen molar-refractivity contribution < 1.29 is 14.3 Å². The van der Waals surface area contributed by atoms with E-state index in [9.17, 15) is 9.59 Å². The number of anilines is 1. The molecule has 8 heteroatoms. The lowest BCUT2D eigenvalue weighted by atomic mass is 9.49. The van der Waals surface area contributed by atoms with Crippen LogP contribution in [-0.4, -0.2) is 34.4 Å². The van der Waals surface area contributed by atoms with Crippen molar-refractivity contribution in [2.45, 2.75) is 49.8 Å². The number of nitrogens with zero attached hydrogens (tertiary/aromatic N) is 2. The monoisotopic (exact) mass is 381 g/mol. The Morgan fingerprint density at radius 2 is 1.84 bits per heavy atom. The van der Waals surface area contributed by atoms with Gasteiger partial charge in [0.15, 0.2) is 4.34 Å². The van der Waals surface area contributed by atoms with Crippen LogP contribution in [0.25, 0.3) is 0 Å². The first-order valence-electron chi connectivity index (χ1n) is 8.99. The van der Waals surface area contributed by atoms with Crippen LogP contribution < -0.4 is 5.32 Å². The summed E-state index contributed by atoms with van der Waals surface area (Å²) in [4.78, 5) is 24.4. The molecule has 0 radical (unpaired) electrons. The minimum Gasteiger partial charge on any atom is -0.465 e. The summed E-state index contributed by atoms with van der Waals surface area (Å²) in [5.74, 6) is 2.30. The molecule has 1 aromatic rings. The van der Waals surface area contributed by atoms with Crippen LogP contribution in [0, 0.1) is 23.2 Å². The third kappa shape index (κ3) is 3.56. The Bertz CT molecular complexity index is 641. The summed E-state index contributed by atoms with van der Waals surface area (Å²) in [5.41, 5.74) is -0.182. The van der Waals surface area contributed by atoms with Gasteiger partial charge in [0.2, 0.25) is 11.0 Å². The lowest BCUT2D eigenvalue weighted by Crippen LogP contribution is -2.51. The highest BCUT2D eigenvalue weighted by atomic mass is 32.2. The summed E-state index contributed by atoms with van der Waals surface area (Å²) in [5, 5.41) is 11.7. The van der Waals surface area contributed by atoms with E-state index in [1.54, 1.807) is 6.92 Å². The number of esters is 1. The lowest BCUT2D eigenvalue weighted by molar-refractivity contribution is -0.140. The van der Waals surface area contributed by atoms with Crippen LogP contribution in [0.3, 0.4) is 0 Å². The molecule has 5 rings (SSSR count). The number of carbonyl (C=O) groups excluding carboxylic acids is 2. The van der Waals surface area contributed by atoms with E-state index in [-0.39, 0.29) is 23.0 Å². The molecule has 4 aliphatic carbocycles. The van der Waals surface area contributed by atoms with Gasteiger partial charge in [-0.2, -0.15) is 0 Å². The average Bonchev–Trinajstić information content (AvgIpc) is 2.99. The highest BCUT2D eigenvalue weighted by Crippen LogP contribution is 2.60. The smallest absolute Gasteiger partial charge is 0.316 e. The Morgan fingerprint density at radius 3 is 2.44 bits per heavy atom. The van der Waals surface area contributed by atoms with Gasteiger partial charge in [0.1, 0.15) is 0 Å². The van der Waals surface area contributed by atoms with Crippen molar-refractivity contribution in [2.75, 3.05) is 17.7 Å². The first-order chi connectivity index (χ1) is 12.1. The SMILES string of the molecule is CCOC(=O)CSc1nnc(NC(=O)C23CC4CC(CC(C4)C2)C3)s1. The van der Waals surface area contributed by atoms with Gasteiger partial charge >= 0.3 is 5.97 Å². The van der Waals surface area contributed by atoms with Crippen LogP contribution in [0.15, 0.2) is 4.34 Å². The molecule has 4 aliphatic rings. The number of hydrogen-bond acceptors (Lipinski definition) is 7. The average molecular weight is 382 g/mol. The Morgan fingerprint density at radius 1 is 1.20 bits per heavy atom. The highest BCUT2D eigenvalue weighted by Gasteiger charge is 2.54. The summed E-state index contributed by atoms with van der Waals surface area (Å²) in [6.07, 6.45) is 7.07. The van der Waals surface area contributed by atoms with Crippen molar-refractivity contribution in [1.82, 2.24) is 10.2 Å². The molecule has 1 heterocycles. The van der Waals surface area contributed by atoms with E-state index < -0.39 is 0 Å². The molecule has 6 nitrogen and oxygen atoms in total. The maximum Gasteiger partial charge on any atom is 0.316 e. The first kappa shape index (κ1) is 17.3. The summed E-state index contributed by atoms with van der Waals surface area (Å²) in [6, 6.07) is 0. The molecule has 4 saturated carbocycles. The molecule has 0 aromatic carbocycles. The van der Waals surface area contributed by atoms with Gasteiger partial charge in [0.05, 0.1) is 17.8 Å². The van der Waals surface area contributed by atoms with Gasteiger partial charge in [-0.3, -0.25) is 9.59 Å². The molecule has 0 atom stereocenters. The molecule has 4 fully saturated rings. The highest BCUT2D eigenvalue weighted by molar-refractivity contribution is 8.01. The molecule has 1 N–H and O–H groups in total. The van der Waals surface area contributed by atoms with E-state index in [1.165, 1.54) is 42.4 Å². The zero-order valence-corrected chi connectivity index (χ0v) is 16.0. The number of rotatable bonds is 6. The number of carbonyl (C=O) groups is 2. The Hall–Kier alpha value is -1.15. The molecular formula is C17H23N3O3S2. The Kier molecular flexibility index (Phi) is 4.75. The fourth-order valence-corrected chi connectivity index (χ4v) is 6.81. The van der Waals surface area contributed by atoms with Crippen molar-refractivity contribution in [2.24, 2.45) is 23.2 Å². The first-order valence-corrected chi connectivity index (χ1v) is 10.8. The molecule has 1 aromatic heterocycles. The van der Waals surface area contributed by atoms with Gasteiger partial charge in [-0.05, 0) is 63.2 Å². The van der Waals surface area contributed by atoms with E-state index in [2.05, 4.69) is 15.5 Å². The molecule has 4 bridgehead atoms. The third-order valence-corrected chi connectivity index (χ3v) is 7.71. The second-order valence-corrected chi connectivity index (χ2v) is 9.82. The van der Waals surface area contributed by atoms with E-state index in [0.29, 0.717) is 16.1 Å². The molecule has 0 unspecified atom stereocenters. The zero-order valence-electron chi connectivity index (χ0n) is 14.3. The number of aromatic nitrogens is 2. The van der Waals surface area contributed by atoms with Crippen molar-refractivity contribution >= 4 is 40.1 Å². The maximum absolute atomic E-state index is 13.0. The minimum atomic E-state index is -0.262. The van der Waals surface area contributed by atoms with Crippen LogP contribution >= 0.6 is 23.1 Å². The second kappa shape index (κ2) is 6.87. The van der Waals surface area contributed by atoms with Crippen molar-refractivity contribution in [3.05, 3.63) is 0 Å². The molecule has 0 aliphatic heterocycles. The van der Waals surface area contributed by atoms with Crippen LogP contribution in [0.1, 0.15) is 45.4 Å². The van der Waals surface area contributed by atoms with E-state index in [0.717, 1.165) is 37.0 Å². The van der Waals surface area contributed by atoms with Crippen molar-refractivity contribution in [3.8, 4) is 0 Å². The molecule has 136 valence electrons. The topological polar surface area (TPSA) is 81.2 Å². The van der Waals surface area contributed by atoms with E-state index in [4.69, 9.17) is 4.74 Å². The van der Waals surface area contributed by atoms with E-state index in [1.807, 2.05) is 0 Å². The largest absolute Gasteiger partial charge is 0.465 e. The van der Waals surface area contributed by atoms with Crippen LogP contribution in [0.2, 0.25) is 0 Å². The van der Waals surface area contributed by atoms with Gasteiger partial charge in [-0.1, -0.05) is 23.1 Å². The minimum absolute atomic E-state index is 0.129. The number of ether oxygens (including phenoxy) is 1. The van der Waals surface area contributed by atoms with Gasteiger partial charge in [0, 0.05) is 0 Å². The van der Waals surface area contributed by atoms with Crippen molar-refractivity contribution in [3.63, 3.8) is 0 Å². The van der Waals surface area contributed by atoms with Gasteiger partial charge in [0.25, 0.3) is 0 Å². The predicted octanol–water partition coefficient (Wildman–Crippen LogP) is 3.35. The summed E-state index contributed by atoms with van der Waals surface area (Å²) < 4.78 is 5.57. The number of nitrogens with one attached hydrogen (secondary N) is 1. The van der Waals surface area contributed by atoms with Crippen LogP contribution in [0.4, 0.5) is 5.13 Å². The van der Waals surface area contributed by atoms with Crippen LogP contribution in [-0.2, 0) is 14.3 Å². The quantitative estimate of drug-likeness (QED) is 0.462. The number of amides is 1. The predicted molar refractivity (Wildman–Crippen MR) is 96.5 cm³/mol. The standard InChI is InChI=1S/C17H23N3O3S2/c1-2-23-13(21)9-24-16-20-19-15(25-16)18-14(22)17-6-10-3-11(7-17)5-12(4-10)8-17/h10-12H,2-9H2,1H3,(H,18,19,22). The fourth-order valence-electron chi connectivity index (χ4n) is 5.26. The molecule has 25 heavy (non-hydrogen) atoms. The molecular weight excluding hydrogens is 358 g/mol. The summed E-state index contributed by atoms with van der Waals surface area (Å²) in [6.45, 7) is 2.16. The zero-order chi connectivity index (χ0) is 17.4. The van der Waals surface area contributed by atoms with Gasteiger partial charge < -0.3 is 10.1 Å². The summed E-state index contributed by atoms with van der Waals surface area (Å²) >= 11 is 2.62. The molecule has 0 spiro atoms. The van der Waals surface area contributed by atoms with Crippen molar-refractivity contribution in [1.29, 1.82) is 0 Å². The Labute approximate surface area is 155 Å². The number of hydrogen-bond donors (Lipinski definition) is 1. The molecule has 0 saturated heterocycles. The van der Waals surface area contributed by atoms with Crippen LogP contribution in [0.5, 0.6) is 0 Å². The van der Waals surface area contributed by atoms with E-state index >= 15 is 0 Å². The normalized spacial score (nSPS) is 32.6. The lowest BCUT2D eigenvalue weighted by Gasteiger charge is -2.55. The fraction of sp³-hybridized carbons (Fsp3) is 0.765. The second-order valence-electron chi connectivity index (χ2n) is 7.62. The summed E-state index contributed by atoms with van der Waals surface area (Å²) in [7, 11) is 0. The van der Waals surface area contributed by atoms with Gasteiger partial charge in [-0.25, -0.2) is 0 Å². The number of thioether (sulfide) groups is 1. The third-order valence-electron chi connectivity index (χ3n) is 5.77.